The van der Waals surface area contributed by atoms with Gasteiger partial charge in [0.1, 0.15) is 5.69 Å². The molecule has 3 aromatic rings. The number of benzene rings is 2. The lowest BCUT2D eigenvalue weighted by Crippen LogP contribution is -2.18. The van der Waals surface area contributed by atoms with Crippen molar-refractivity contribution in [2.45, 2.75) is 0 Å². The lowest BCUT2D eigenvalue weighted by Gasteiger charge is -2.11. The first-order valence-electron chi connectivity index (χ1n) is 7.95. The van der Waals surface area contributed by atoms with Gasteiger partial charge in [0.25, 0.3) is 5.91 Å². The third-order valence-electron chi connectivity index (χ3n) is 3.75. The summed E-state index contributed by atoms with van der Waals surface area (Å²) in [6.07, 6.45) is 1.59. The van der Waals surface area contributed by atoms with E-state index in [-0.39, 0.29) is 5.91 Å². The molecule has 1 amide bonds. The minimum Gasteiger partial charge on any atom is -0.378 e. The van der Waals surface area contributed by atoms with Gasteiger partial charge in [0, 0.05) is 30.4 Å². The largest absolute Gasteiger partial charge is 0.378 e. The Hall–Kier alpha value is -3.12. The Balaban J connectivity index is 1.62. The topological polar surface area (TPSA) is 73.4 Å². The van der Waals surface area contributed by atoms with Crippen molar-refractivity contribution in [2.75, 3.05) is 19.0 Å². The number of amides is 1. The fourth-order valence-electron chi connectivity index (χ4n) is 2.29. The first kappa shape index (κ1) is 17.7. The summed E-state index contributed by atoms with van der Waals surface area (Å²) in [6, 6.07) is 16.7. The maximum atomic E-state index is 12.2. The number of H-pyrrole nitrogens is 1. The molecule has 2 N–H and O–H groups in total. The van der Waals surface area contributed by atoms with Crippen molar-refractivity contribution in [2.24, 2.45) is 5.10 Å². The Bertz CT molecular complexity index is 914. The number of carbonyl (C=O) groups excluding carboxylic acids is 1. The summed E-state index contributed by atoms with van der Waals surface area (Å²) in [5.74, 6) is -0.362. The van der Waals surface area contributed by atoms with Gasteiger partial charge in [-0.15, -0.1) is 0 Å². The summed E-state index contributed by atoms with van der Waals surface area (Å²) < 4.78 is 0. The summed E-state index contributed by atoms with van der Waals surface area (Å²) in [6.45, 7) is 0. The molecule has 2 aromatic carbocycles. The van der Waals surface area contributed by atoms with Crippen LogP contribution in [0.4, 0.5) is 5.69 Å². The molecule has 0 atom stereocenters. The van der Waals surface area contributed by atoms with Gasteiger partial charge >= 0.3 is 0 Å². The summed E-state index contributed by atoms with van der Waals surface area (Å²) in [4.78, 5) is 14.2. The fraction of sp³-hybridized carbons (Fsp3) is 0.105. The van der Waals surface area contributed by atoms with Gasteiger partial charge in [0.2, 0.25) is 0 Å². The number of anilines is 1. The Kier molecular flexibility index (Phi) is 5.34. The Morgan fingerprint density at radius 3 is 2.50 bits per heavy atom. The van der Waals surface area contributed by atoms with E-state index in [0.717, 1.165) is 16.8 Å². The monoisotopic (exact) mass is 367 g/mol. The molecule has 0 saturated carbocycles. The van der Waals surface area contributed by atoms with E-state index in [4.69, 9.17) is 11.6 Å². The molecule has 7 heteroatoms. The number of hydrogen-bond acceptors (Lipinski definition) is 4. The molecule has 0 fully saturated rings. The fourth-order valence-corrected chi connectivity index (χ4v) is 2.42. The van der Waals surface area contributed by atoms with Crippen molar-refractivity contribution >= 4 is 29.4 Å². The van der Waals surface area contributed by atoms with Crippen molar-refractivity contribution < 1.29 is 4.79 Å². The zero-order chi connectivity index (χ0) is 18.5. The average Bonchev–Trinajstić information content (AvgIpc) is 3.13. The third kappa shape index (κ3) is 4.29. The van der Waals surface area contributed by atoms with Crippen LogP contribution >= 0.6 is 11.6 Å². The van der Waals surface area contributed by atoms with E-state index in [1.165, 1.54) is 0 Å². The number of hydrogen-bond donors (Lipinski definition) is 2. The van der Waals surface area contributed by atoms with E-state index < -0.39 is 0 Å². The number of carbonyl (C=O) groups is 1. The molecule has 0 aliphatic carbocycles. The second-order valence-electron chi connectivity index (χ2n) is 5.86. The summed E-state index contributed by atoms with van der Waals surface area (Å²) in [5.41, 5.74) is 6.33. The predicted molar refractivity (Wildman–Crippen MR) is 105 cm³/mol. The Labute approximate surface area is 156 Å². The molecule has 0 spiro atoms. The molecule has 1 heterocycles. The summed E-state index contributed by atoms with van der Waals surface area (Å²) in [5, 5.41) is 11.5. The molecule has 0 saturated heterocycles. The van der Waals surface area contributed by atoms with E-state index in [2.05, 4.69) is 20.7 Å². The minimum atomic E-state index is -0.362. The van der Waals surface area contributed by atoms with Crippen LogP contribution in [-0.2, 0) is 0 Å². The maximum absolute atomic E-state index is 12.2. The Morgan fingerprint density at radius 2 is 1.85 bits per heavy atom. The molecule has 0 bridgehead atoms. The molecule has 26 heavy (non-hydrogen) atoms. The first-order chi connectivity index (χ1) is 12.5. The second-order valence-corrected chi connectivity index (χ2v) is 6.30. The number of nitrogens with one attached hydrogen (secondary N) is 2. The van der Waals surface area contributed by atoms with Crippen LogP contribution in [0.15, 0.2) is 59.7 Å². The van der Waals surface area contributed by atoms with Crippen LogP contribution in [0.3, 0.4) is 0 Å². The zero-order valence-corrected chi connectivity index (χ0v) is 15.2. The molecule has 0 aliphatic heterocycles. The van der Waals surface area contributed by atoms with E-state index in [9.17, 15) is 4.79 Å². The predicted octanol–water partition coefficient (Wildman–Crippen LogP) is 3.56. The molecule has 0 aliphatic rings. The van der Waals surface area contributed by atoms with Gasteiger partial charge in [0.05, 0.1) is 11.9 Å². The van der Waals surface area contributed by atoms with Gasteiger partial charge < -0.3 is 4.90 Å². The van der Waals surface area contributed by atoms with Crippen molar-refractivity contribution in [3.05, 3.63) is 70.9 Å². The SMILES string of the molecule is CN(C)c1ccc(/C=N/NC(=O)c2cc(-c3ccc(Cl)cc3)n[nH]2)cc1. The van der Waals surface area contributed by atoms with Gasteiger partial charge in [0.15, 0.2) is 0 Å². The van der Waals surface area contributed by atoms with Gasteiger partial charge in [-0.05, 0) is 35.9 Å². The number of aromatic amines is 1. The molecular weight excluding hydrogens is 350 g/mol. The maximum Gasteiger partial charge on any atom is 0.289 e. The standard InChI is InChI=1S/C19H18ClN5O/c1-25(2)16-9-3-13(4-10-16)12-21-24-19(26)18-11-17(22-23-18)14-5-7-15(20)8-6-14/h3-12H,1-2H3,(H,22,23)(H,24,26)/b21-12+. The minimum absolute atomic E-state index is 0.329. The lowest BCUT2D eigenvalue weighted by molar-refractivity contribution is 0.0950. The normalized spacial score (nSPS) is 10.9. The number of hydrazone groups is 1. The van der Waals surface area contributed by atoms with Gasteiger partial charge in [-0.1, -0.05) is 35.9 Å². The number of nitrogens with zero attached hydrogens (tertiary/aromatic N) is 3. The highest BCUT2D eigenvalue weighted by Crippen LogP contribution is 2.20. The number of aromatic nitrogens is 2. The van der Waals surface area contributed by atoms with Crippen LogP contribution in [0.5, 0.6) is 0 Å². The molecule has 6 nitrogen and oxygen atoms in total. The molecule has 0 radical (unpaired) electrons. The summed E-state index contributed by atoms with van der Waals surface area (Å²) >= 11 is 5.88. The van der Waals surface area contributed by atoms with Crippen molar-refractivity contribution in [1.29, 1.82) is 0 Å². The van der Waals surface area contributed by atoms with Crippen molar-refractivity contribution in [3.63, 3.8) is 0 Å². The molecule has 1 aromatic heterocycles. The number of rotatable bonds is 5. The molecule has 3 rings (SSSR count). The van der Waals surface area contributed by atoms with Crippen LogP contribution in [0.2, 0.25) is 5.02 Å². The van der Waals surface area contributed by atoms with E-state index in [1.807, 2.05) is 55.4 Å². The quantitative estimate of drug-likeness (QED) is 0.535. The van der Waals surface area contributed by atoms with Crippen LogP contribution < -0.4 is 10.3 Å². The lowest BCUT2D eigenvalue weighted by atomic mass is 10.1. The van der Waals surface area contributed by atoms with E-state index >= 15 is 0 Å². The highest BCUT2D eigenvalue weighted by molar-refractivity contribution is 6.30. The van der Waals surface area contributed by atoms with Crippen LogP contribution in [-0.4, -0.2) is 36.4 Å². The van der Waals surface area contributed by atoms with Gasteiger partial charge in [-0.2, -0.15) is 10.2 Å². The van der Waals surface area contributed by atoms with Crippen LogP contribution in [0.25, 0.3) is 11.3 Å². The average molecular weight is 368 g/mol. The highest BCUT2D eigenvalue weighted by atomic mass is 35.5. The third-order valence-corrected chi connectivity index (χ3v) is 4.00. The van der Waals surface area contributed by atoms with Gasteiger partial charge in [-0.25, -0.2) is 5.43 Å². The number of halogens is 1. The smallest absolute Gasteiger partial charge is 0.289 e. The van der Waals surface area contributed by atoms with Crippen molar-refractivity contribution in [1.82, 2.24) is 15.6 Å². The molecular formula is C19H18ClN5O. The highest BCUT2D eigenvalue weighted by Gasteiger charge is 2.10. The summed E-state index contributed by atoms with van der Waals surface area (Å²) in [7, 11) is 3.96. The first-order valence-corrected chi connectivity index (χ1v) is 8.33. The van der Waals surface area contributed by atoms with E-state index in [0.29, 0.717) is 16.4 Å². The van der Waals surface area contributed by atoms with Crippen LogP contribution in [0.1, 0.15) is 16.1 Å². The van der Waals surface area contributed by atoms with Crippen molar-refractivity contribution in [3.8, 4) is 11.3 Å². The van der Waals surface area contributed by atoms with Crippen LogP contribution in [0, 0.1) is 0 Å². The second kappa shape index (κ2) is 7.84. The molecule has 0 unspecified atom stereocenters. The Morgan fingerprint density at radius 1 is 1.15 bits per heavy atom. The van der Waals surface area contributed by atoms with Gasteiger partial charge in [-0.3, -0.25) is 9.89 Å². The van der Waals surface area contributed by atoms with E-state index in [1.54, 1.807) is 24.4 Å². The zero-order valence-electron chi connectivity index (χ0n) is 14.4. The molecule has 132 valence electrons.